The van der Waals surface area contributed by atoms with Gasteiger partial charge in [0.05, 0.1) is 5.52 Å². The second-order valence-corrected chi connectivity index (χ2v) is 11.1. The van der Waals surface area contributed by atoms with Crippen LogP contribution in [0.5, 0.6) is 5.75 Å². The lowest BCUT2D eigenvalue weighted by atomic mass is 9.85. The highest BCUT2D eigenvalue weighted by molar-refractivity contribution is 5.79. The first kappa shape index (κ1) is 24.5. The smallest absolute Gasteiger partial charge is 0.124 e. The van der Waals surface area contributed by atoms with Gasteiger partial charge in [0.1, 0.15) is 16.9 Å². The minimum absolute atomic E-state index is 0.250. The maximum absolute atomic E-state index is 6.46. The van der Waals surface area contributed by atoms with E-state index in [9.17, 15) is 0 Å². The van der Waals surface area contributed by atoms with E-state index < -0.39 is 0 Å². The van der Waals surface area contributed by atoms with E-state index in [2.05, 4.69) is 105 Å². The van der Waals surface area contributed by atoms with E-state index in [-0.39, 0.29) is 5.60 Å². The van der Waals surface area contributed by atoms with E-state index in [1.807, 2.05) is 11.7 Å². The van der Waals surface area contributed by atoms with Gasteiger partial charge in [-0.05, 0) is 86.6 Å². The van der Waals surface area contributed by atoms with Crippen molar-refractivity contribution in [2.24, 2.45) is 7.05 Å². The van der Waals surface area contributed by atoms with E-state index in [4.69, 9.17) is 4.74 Å². The highest BCUT2D eigenvalue weighted by atomic mass is 16.5. The Bertz CT molecular complexity index is 1420. The average Bonchev–Trinajstić information content (AvgIpc) is 3.14. The summed E-state index contributed by atoms with van der Waals surface area (Å²) in [5.74, 6) is 1.34. The third-order valence-corrected chi connectivity index (χ3v) is 7.64. The minimum Gasteiger partial charge on any atom is -0.486 e. The van der Waals surface area contributed by atoms with Crippen molar-refractivity contribution >= 4 is 11.0 Å². The molecule has 1 aliphatic heterocycles. The van der Waals surface area contributed by atoms with Crippen LogP contribution >= 0.6 is 0 Å². The van der Waals surface area contributed by atoms with Gasteiger partial charge in [0, 0.05) is 38.2 Å². The topological polar surface area (TPSA) is 43.2 Å². The molecule has 1 atom stereocenters. The Balaban J connectivity index is 1.47. The molecule has 1 aliphatic rings. The molecule has 5 heteroatoms. The molecular formula is C31H38N4O. The molecule has 0 bridgehead atoms. The van der Waals surface area contributed by atoms with Gasteiger partial charge >= 0.3 is 0 Å². The summed E-state index contributed by atoms with van der Waals surface area (Å²) in [6, 6.07) is 18.0. The van der Waals surface area contributed by atoms with Crippen molar-refractivity contribution in [2.75, 3.05) is 6.54 Å². The first-order chi connectivity index (χ1) is 17.1. The van der Waals surface area contributed by atoms with Gasteiger partial charge in [-0.25, -0.2) is 4.68 Å². The molecule has 0 spiro atoms. The van der Waals surface area contributed by atoms with Gasteiger partial charge in [0.25, 0.3) is 0 Å². The Morgan fingerprint density at radius 1 is 1.03 bits per heavy atom. The third-order valence-electron chi connectivity index (χ3n) is 7.64. The number of nitrogens with zero attached hydrogens (tertiary/aromatic N) is 4. The molecule has 0 fully saturated rings. The lowest BCUT2D eigenvalue weighted by Gasteiger charge is -2.30. The molecule has 5 nitrogen and oxygen atoms in total. The molecule has 0 saturated heterocycles. The highest BCUT2D eigenvalue weighted by Crippen LogP contribution is 2.35. The largest absolute Gasteiger partial charge is 0.486 e. The van der Waals surface area contributed by atoms with Crippen molar-refractivity contribution < 1.29 is 4.74 Å². The van der Waals surface area contributed by atoms with Crippen LogP contribution in [-0.2, 0) is 20.1 Å². The van der Waals surface area contributed by atoms with Gasteiger partial charge in [0.15, 0.2) is 0 Å². The summed E-state index contributed by atoms with van der Waals surface area (Å²) >= 11 is 0. The van der Waals surface area contributed by atoms with Crippen LogP contribution in [0.1, 0.15) is 72.1 Å². The summed E-state index contributed by atoms with van der Waals surface area (Å²) < 4.78 is 8.31. The summed E-state index contributed by atoms with van der Waals surface area (Å²) in [4.78, 5) is 2.53. The van der Waals surface area contributed by atoms with Crippen molar-refractivity contribution in [3.63, 3.8) is 0 Å². The van der Waals surface area contributed by atoms with E-state index >= 15 is 0 Å². The quantitative estimate of drug-likeness (QED) is 0.321. The van der Waals surface area contributed by atoms with Crippen molar-refractivity contribution in [2.45, 2.75) is 72.6 Å². The Morgan fingerprint density at radius 2 is 1.83 bits per heavy atom. The monoisotopic (exact) mass is 482 g/mol. The fourth-order valence-corrected chi connectivity index (χ4v) is 5.75. The van der Waals surface area contributed by atoms with Crippen LogP contribution in [-0.4, -0.2) is 32.0 Å². The van der Waals surface area contributed by atoms with Crippen LogP contribution in [0.3, 0.4) is 0 Å². The number of benzene rings is 3. The third kappa shape index (κ3) is 4.64. The molecule has 1 aromatic heterocycles. The Labute approximate surface area is 215 Å². The number of ether oxygens (including phenoxy) is 1. The molecule has 36 heavy (non-hydrogen) atoms. The van der Waals surface area contributed by atoms with Gasteiger partial charge in [-0.3, -0.25) is 4.90 Å². The lowest BCUT2D eigenvalue weighted by Crippen LogP contribution is -2.40. The molecule has 0 saturated carbocycles. The zero-order valence-corrected chi connectivity index (χ0v) is 22.7. The molecule has 0 aliphatic carbocycles. The van der Waals surface area contributed by atoms with Crippen LogP contribution in [0.2, 0.25) is 0 Å². The van der Waals surface area contributed by atoms with Crippen LogP contribution in [0, 0.1) is 20.8 Å². The van der Waals surface area contributed by atoms with Crippen LogP contribution in [0.4, 0.5) is 0 Å². The Morgan fingerprint density at radius 3 is 2.61 bits per heavy atom. The highest BCUT2D eigenvalue weighted by Gasteiger charge is 2.29. The molecule has 4 aromatic rings. The Hall–Kier alpha value is -3.18. The van der Waals surface area contributed by atoms with E-state index in [0.717, 1.165) is 42.8 Å². The standard InChI is InChI=1S/C31H38N4O/c1-8-26(27-13-14-28-30(22(27)4)32-33-34(28)7)23-12-10-21(3)25(16-23)18-35-17-24-11-9-20(2)15-29(24)36-31(5,6)19-35/h9-16,26H,8,17-19H2,1-7H3/t26-/m0/s1. The van der Waals surface area contributed by atoms with E-state index in [0.29, 0.717) is 5.92 Å². The van der Waals surface area contributed by atoms with Crippen molar-refractivity contribution in [1.82, 2.24) is 19.9 Å². The number of rotatable bonds is 5. The number of hydrogen-bond acceptors (Lipinski definition) is 4. The molecule has 188 valence electrons. The zero-order chi connectivity index (χ0) is 25.6. The molecule has 0 N–H and O–H groups in total. The number of aromatic nitrogens is 3. The van der Waals surface area contributed by atoms with Gasteiger partial charge in [0.2, 0.25) is 0 Å². The van der Waals surface area contributed by atoms with E-state index in [1.165, 1.54) is 38.9 Å². The van der Waals surface area contributed by atoms with Crippen molar-refractivity contribution in [3.05, 3.63) is 87.5 Å². The zero-order valence-electron chi connectivity index (χ0n) is 22.7. The fraction of sp³-hybridized carbons (Fsp3) is 0.419. The predicted molar refractivity (Wildman–Crippen MR) is 147 cm³/mol. The summed E-state index contributed by atoms with van der Waals surface area (Å²) in [7, 11) is 1.95. The SMILES string of the molecule is CC[C@@H](c1ccc(C)c(CN2Cc3ccc(C)cc3OC(C)(C)C2)c1)c1ccc2c(nnn2C)c1C. The van der Waals surface area contributed by atoms with Gasteiger partial charge in [-0.2, -0.15) is 0 Å². The first-order valence-corrected chi connectivity index (χ1v) is 13.0. The summed E-state index contributed by atoms with van der Waals surface area (Å²) in [5, 5.41) is 8.68. The van der Waals surface area contributed by atoms with Crippen LogP contribution in [0.15, 0.2) is 48.5 Å². The average molecular weight is 483 g/mol. The second kappa shape index (κ2) is 9.36. The second-order valence-electron chi connectivity index (χ2n) is 11.1. The molecule has 0 unspecified atom stereocenters. The normalized spacial score (nSPS) is 16.4. The molecule has 0 amide bonds. The van der Waals surface area contributed by atoms with Crippen LogP contribution < -0.4 is 4.74 Å². The predicted octanol–water partition coefficient (Wildman–Crippen LogP) is 6.61. The molecule has 2 heterocycles. The van der Waals surface area contributed by atoms with Gasteiger partial charge < -0.3 is 4.74 Å². The van der Waals surface area contributed by atoms with Crippen molar-refractivity contribution in [3.8, 4) is 5.75 Å². The minimum atomic E-state index is -0.250. The molecule has 0 radical (unpaired) electrons. The molecule has 3 aromatic carbocycles. The molecule has 5 rings (SSSR count). The Kier molecular flexibility index (Phi) is 6.37. The maximum atomic E-state index is 6.46. The summed E-state index contributed by atoms with van der Waals surface area (Å²) in [5.41, 5.74) is 11.0. The number of fused-ring (bicyclic) bond motifs is 2. The first-order valence-electron chi connectivity index (χ1n) is 13.0. The lowest BCUT2D eigenvalue weighted by molar-refractivity contribution is 0.0681. The fourth-order valence-electron chi connectivity index (χ4n) is 5.75. The maximum Gasteiger partial charge on any atom is 0.124 e. The number of aryl methyl sites for hydroxylation is 4. The van der Waals surface area contributed by atoms with Crippen molar-refractivity contribution in [1.29, 1.82) is 0 Å². The van der Waals surface area contributed by atoms with Gasteiger partial charge in [-0.15, -0.1) is 5.10 Å². The summed E-state index contributed by atoms with van der Waals surface area (Å²) in [6.07, 6.45) is 1.03. The van der Waals surface area contributed by atoms with Gasteiger partial charge in [-0.1, -0.05) is 48.5 Å². The van der Waals surface area contributed by atoms with E-state index in [1.54, 1.807) is 0 Å². The molecular weight excluding hydrogens is 444 g/mol. The summed E-state index contributed by atoms with van der Waals surface area (Å²) in [6.45, 7) is 15.9. The number of hydrogen-bond donors (Lipinski definition) is 0. The van der Waals surface area contributed by atoms with Crippen LogP contribution in [0.25, 0.3) is 11.0 Å².